The van der Waals surface area contributed by atoms with E-state index in [1.54, 1.807) is 4.68 Å². The van der Waals surface area contributed by atoms with Crippen LogP contribution in [-0.4, -0.2) is 30.5 Å². The minimum Gasteiger partial charge on any atom is -0.383 e. The molecule has 0 saturated heterocycles. The minimum atomic E-state index is -3.39. The molecule has 0 atom stereocenters. The van der Waals surface area contributed by atoms with Crippen molar-refractivity contribution in [3.05, 3.63) is 0 Å². The first-order valence-electron chi connectivity index (χ1n) is 7.76. The Morgan fingerprint density at radius 3 is 2.57 bits per heavy atom. The van der Waals surface area contributed by atoms with Gasteiger partial charge in [-0.05, 0) is 19.3 Å². The van der Waals surface area contributed by atoms with E-state index < -0.39 is 9.84 Å². The molecule has 1 aliphatic rings. The molecule has 0 aromatic carbocycles. The van der Waals surface area contributed by atoms with E-state index in [9.17, 15) is 8.42 Å². The van der Waals surface area contributed by atoms with Crippen molar-refractivity contribution in [3.63, 3.8) is 0 Å². The van der Waals surface area contributed by atoms with Gasteiger partial charge in [-0.15, -0.1) is 0 Å². The Morgan fingerprint density at radius 2 is 2.00 bits per heavy atom. The molecule has 6 nitrogen and oxygen atoms in total. The lowest BCUT2D eigenvalue weighted by Crippen LogP contribution is -2.23. The molecule has 1 aromatic rings. The molecule has 120 valence electrons. The van der Waals surface area contributed by atoms with Crippen LogP contribution < -0.4 is 11.1 Å². The maximum absolute atomic E-state index is 12.0. The van der Waals surface area contributed by atoms with E-state index in [4.69, 9.17) is 5.73 Å². The first kappa shape index (κ1) is 16.1. The number of anilines is 2. The van der Waals surface area contributed by atoms with Gasteiger partial charge in [-0.25, -0.2) is 13.1 Å². The van der Waals surface area contributed by atoms with E-state index in [2.05, 4.69) is 17.3 Å². The van der Waals surface area contributed by atoms with Crippen LogP contribution in [0.3, 0.4) is 0 Å². The largest absolute Gasteiger partial charge is 0.383 e. The lowest BCUT2D eigenvalue weighted by Gasteiger charge is -2.22. The molecular formula is C14H26N4O2S. The monoisotopic (exact) mass is 314 g/mol. The van der Waals surface area contributed by atoms with Crippen LogP contribution in [0, 0.1) is 0 Å². The van der Waals surface area contributed by atoms with Gasteiger partial charge in [0.15, 0.2) is 20.6 Å². The molecular weight excluding hydrogens is 288 g/mol. The summed E-state index contributed by atoms with van der Waals surface area (Å²) < 4.78 is 25.7. The molecule has 1 saturated carbocycles. The topological polar surface area (TPSA) is 90.0 Å². The molecule has 2 rings (SSSR count). The van der Waals surface area contributed by atoms with Crippen LogP contribution in [-0.2, 0) is 16.4 Å². The van der Waals surface area contributed by atoms with E-state index in [-0.39, 0.29) is 10.7 Å². The molecule has 0 radical (unpaired) electrons. The summed E-state index contributed by atoms with van der Waals surface area (Å²) in [5.41, 5.74) is 6.02. The number of nitrogen functional groups attached to an aromatic ring is 1. The number of unbranched alkanes of at least 4 members (excludes halogenated alkanes) is 1. The van der Waals surface area contributed by atoms with E-state index in [0.29, 0.717) is 18.4 Å². The Bertz CT molecular complexity index is 574. The summed E-state index contributed by atoms with van der Waals surface area (Å²) in [7, 11) is -3.39. The standard InChI is InChI=1S/C14H26N4O2S/c1-3-4-10-18-13(15)12(21(2,19)20)14(17-18)16-11-8-6-5-7-9-11/h11H,3-10,15H2,1-2H3,(H,16,17). The van der Waals surface area contributed by atoms with Crippen molar-refractivity contribution in [2.45, 2.75) is 69.4 Å². The second kappa shape index (κ2) is 6.68. The van der Waals surface area contributed by atoms with Crippen molar-refractivity contribution in [1.29, 1.82) is 0 Å². The molecule has 3 N–H and O–H groups in total. The van der Waals surface area contributed by atoms with E-state index in [1.807, 2.05) is 0 Å². The zero-order valence-electron chi connectivity index (χ0n) is 12.9. The predicted octanol–water partition coefficient (Wildman–Crippen LogP) is 2.41. The number of sulfone groups is 1. The van der Waals surface area contributed by atoms with Gasteiger partial charge in [-0.3, -0.25) is 0 Å². The highest BCUT2D eigenvalue weighted by Gasteiger charge is 2.26. The Morgan fingerprint density at radius 1 is 1.33 bits per heavy atom. The Labute approximate surface area is 127 Å². The van der Waals surface area contributed by atoms with E-state index in [1.165, 1.54) is 25.5 Å². The van der Waals surface area contributed by atoms with Crippen molar-refractivity contribution < 1.29 is 8.42 Å². The zero-order chi connectivity index (χ0) is 15.5. The quantitative estimate of drug-likeness (QED) is 0.841. The molecule has 1 fully saturated rings. The highest BCUT2D eigenvalue weighted by molar-refractivity contribution is 7.91. The molecule has 0 aliphatic heterocycles. The van der Waals surface area contributed by atoms with Crippen molar-refractivity contribution >= 4 is 21.5 Å². The molecule has 1 aromatic heterocycles. The molecule has 0 unspecified atom stereocenters. The van der Waals surface area contributed by atoms with Crippen LogP contribution in [0.25, 0.3) is 0 Å². The number of rotatable bonds is 6. The maximum atomic E-state index is 12.0. The second-order valence-corrected chi connectivity index (χ2v) is 7.84. The summed E-state index contributed by atoms with van der Waals surface area (Å²) in [6.45, 7) is 2.73. The minimum absolute atomic E-state index is 0.157. The fourth-order valence-electron chi connectivity index (χ4n) is 2.84. The number of nitrogens with one attached hydrogen (secondary N) is 1. The van der Waals surface area contributed by atoms with Gasteiger partial charge in [0.2, 0.25) is 0 Å². The SMILES string of the molecule is CCCCn1nc(NC2CCCCC2)c(S(C)(=O)=O)c1N. The van der Waals surface area contributed by atoms with Crippen molar-refractivity contribution in [3.8, 4) is 0 Å². The normalized spacial score (nSPS) is 17.0. The number of nitrogens with two attached hydrogens (primary N) is 1. The number of hydrogen-bond donors (Lipinski definition) is 2. The second-order valence-electron chi connectivity index (χ2n) is 5.89. The zero-order valence-corrected chi connectivity index (χ0v) is 13.7. The van der Waals surface area contributed by atoms with Crippen LogP contribution in [0.2, 0.25) is 0 Å². The third kappa shape index (κ3) is 3.90. The highest BCUT2D eigenvalue weighted by atomic mass is 32.2. The average Bonchev–Trinajstić information content (AvgIpc) is 2.73. The van der Waals surface area contributed by atoms with E-state index >= 15 is 0 Å². The van der Waals surface area contributed by atoms with Gasteiger partial charge in [0, 0.05) is 18.8 Å². The third-order valence-corrected chi connectivity index (χ3v) is 5.13. The summed E-state index contributed by atoms with van der Waals surface area (Å²) in [4.78, 5) is 0.157. The van der Waals surface area contributed by atoms with Gasteiger partial charge in [0.25, 0.3) is 0 Å². The molecule has 1 aliphatic carbocycles. The average molecular weight is 314 g/mol. The first-order chi connectivity index (χ1) is 9.93. The van der Waals surface area contributed by atoms with Crippen molar-refractivity contribution in [2.75, 3.05) is 17.3 Å². The number of aromatic nitrogens is 2. The van der Waals surface area contributed by atoms with Gasteiger partial charge in [-0.2, -0.15) is 5.10 Å². The fraction of sp³-hybridized carbons (Fsp3) is 0.786. The molecule has 1 heterocycles. The smallest absolute Gasteiger partial charge is 0.182 e. The highest BCUT2D eigenvalue weighted by Crippen LogP contribution is 2.30. The van der Waals surface area contributed by atoms with Crippen molar-refractivity contribution in [2.24, 2.45) is 0 Å². The van der Waals surface area contributed by atoms with Crippen molar-refractivity contribution in [1.82, 2.24) is 9.78 Å². The van der Waals surface area contributed by atoms with Crippen LogP contribution in [0.5, 0.6) is 0 Å². The van der Waals surface area contributed by atoms with Crippen LogP contribution in [0.15, 0.2) is 4.90 Å². The predicted molar refractivity (Wildman–Crippen MR) is 85.2 cm³/mol. The number of hydrogen-bond acceptors (Lipinski definition) is 5. The molecule has 0 spiro atoms. The summed E-state index contributed by atoms with van der Waals surface area (Å²) in [5, 5.41) is 7.71. The first-order valence-corrected chi connectivity index (χ1v) is 9.65. The third-order valence-electron chi connectivity index (χ3n) is 3.99. The van der Waals surface area contributed by atoms with Gasteiger partial charge < -0.3 is 11.1 Å². The van der Waals surface area contributed by atoms with Gasteiger partial charge in [0.1, 0.15) is 5.82 Å². The maximum Gasteiger partial charge on any atom is 0.182 e. The van der Waals surface area contributed by atoms with Gasteiger partial charge >= 0.3 is 0 Å². The van der Waals surface area contributed by atoms with E-state index in [0.717, 1.165) is 25.7 Å². The Hall–Kier alpha value is -1.24. The Kier molecular flexibility index (Phi) is 5.13. The molecule has 7 heteroatoms. The fourth-order valence-corrected chi connectivity index (χ4v) is 3.77. The Balaban J connectivity index is 2.29. The molecule has 0 amide bonds. The lowest BCUT2D eigenvalue weighted by molar-refractivity contribution is 0.460. The van der Waals surface area contributed by atoms with Gasteiger partial charge in [-0.1, -0.05) is 32.6 Å². The lowest BCUT2D eigenvalue weighted by atomic mass is 9.95. The number of aryl methyl sites for hydroxylation is 1. The summed E-state index contributed by atoms with van der Waals surface area (Å²) >= 11 is 0. The number of nitrogens with zero attached hydrogens (tertiary/aromatic N) is 2. The molecule has 0 bridgehead atoms. The van der Waals surface area contributed by atoms with Crippen LogP contribution in [0.4, 0.5) is 11.6 Å². The summed E-state index contributed by atoms with van der Waals surface area (Å²) in [6.07, 6.45) is 8.86. The molecule has 21 heavy (non-hydrogen) atoms. The van der Waals surface area contributed by atoms with Gasteiger partial charge in [0.05, 0.1) is 0 Å². The summed E-state index contributed by atoms with van der Waals surface area (Å²) in [5.74, 6) is 0.683. The van der Waals surface area contributed by atoms with Crippen LogP contribution >= 0.6 is 0 Å². The van der Waals surface area contributed by atoms with Crippen LogP contribution in [0.1, 0.15) is 51.9 Å². The summed E-state index contributed by atoms with van der Waals surface area (Å²) in [6, 6.07) is 0.299.